The third kappa shape index (κ3) is 5.80. The molecule has 268 valence electrons. The number of hydrogen-bond acceptors (Lipinski definition) is 3. The minimum absolute atomic E-state index is 0.903. The lowest BCUT2D eigenvalue weighted by molar-refractivity contribution is 0.669. The van der Waals surface area contributed by atoms with E-state index in [4.69, 9.17) is 4.42 Å². The van der Waals surface area contributed by atoms with Crippen molar-refractivity contribution in [1.29, 1.82) is 0 Å². The van der Waals surface area contributed by atoms with Crippen molar-refractivity contribution in [2.24, 2.45) is 0 Å². The van der Waals surface area contributed by atoms with E-state index in [-0.39, 0.29) is 0 Å². The summed E-state index contributed by atoms with van der Waals surface area (Å²) in [5, 5.41) is 4.85. The molecule has 0 unspecified atom stereocenters. The van der Waals surface area contributed by atoms with Crippen LogP contribution in [0.2, 0.25) is 0 Å². The van der Waals surface area contributed by atoms with Crippen LogP contribution in [0.1, 0.15) is 0 Å². The summed E-state index contributed by atoms with van der Waals surface area (Å²) in [6.07, 6.45) is 0. The molecule has 0 aliphatic rings. The van der Waals surface area contributed by atoms with Crippen LogP contribution in [-0.2, 0) is 0 Å². The molecule has 57 heavy (non-hydrogen) atoms. The highest BCUT2D eigenvalue weighted by Crippen LogP contribution is 2.49. The molecule has 0 saturated heterocycles. The molecule has 2 heterocycles. The topological polar surface area (TPSA) is 16.4 Å². The maximum atomic E-state index is 6.26. The summed E-state index contributed by atoms with van der Waals surface area (Å²) >= 11 is 1.87. The van der Waals surface area contributed by atoms with Crippen LogP contribution in [0, 0.1) is 0 Å². The van der Waals surface area contributed by atoms with Crippen LogP contribution in [0.25, 0.3) is 86.6 Å². The van der Waals surface area contributed by atoms with Crippen molar-refractivity contribution in [3.8, 4) is 44.5 Å². The van der Waals surface area contributed by atoms with E-state index in [0.717, 1.165) is 50.1 Å². The largest absolute Gasteiger partial charge is 0.456 e. The molecule has 0 spiro atoms. The van der Waals surface area contributed by atoms with E-state index < -0.39 is 0 Å². The van der Waals surface area contributed by atoms with Crippen molar-refractivity contribution in [3.05, 3.63) is 212 Å². The van der Waals surface area contributed by atoms with Gasteiger partial charge >= 0.3 is 0 Å². The maximum Gasteiger partial charge on any atom is 0.136 e. The summed E-state index contributed by atoms with van der Waals surface area (Å²) in [5.74, 6) is 0. The van der Waals surface area contributed by atoms with Gasteiger partial charge in [-0.25, -0.2) is 0 Å². The van der Waals surface area contributed by atoms with Gasteiger partial charge in [0, 0.05) is 37.6 Å². The van der Waals surface area contributed by atoms with Gasteiger partial charge in [-0.1, -0.05) is 164 Å². The number of para-hydroxylation sites is 1. The van der Waals surface area contributed by atoms with Crippen molar-refractivity contribution in [3.63, 3.8) is 0 Å². The Morgan fingerprint density at radius 1 is 0.333 bits per heavy atom. The molecule has 0 amide bonds. The first-order valence-corrected chi connectivity index (χ1v) is 20.1. The average Bonchev–Trinajstić information content (AvgIpc) is 3.87. The number of furan rings is 1. The Hall–Kier alpha value is -7.20. The van der Waals surface area contributed by atoms with Crippen molar-refractivity contribution >= 4 is 70.5 Å². The highest BCUT2D eigenvalue weighted by atomic mass is 32.1. The van der Waals surface area contributed by atoms with Crippen LogP contribution in [0.3, 0.4) is 0 Å². The van der Waals surface area contributed by atoms with Crippen LogP contribution >= 0.6 is 11.3 Å². The molecule has 0 N–H and O–H groups in total. The van der Waals surface area contributed by atoms with E-state index in [2.05, 4.69) is 205 Å². The van der Waals surface area contributed by atoms with Gasteiger partial charge in [0.25, 0.3) is 0 Å². The molecular formula is C54H35NOS. The van der Waals surface area contributed by atoms with Gasteiger partial charge in [0.1, 0.15) is 11.2 Å². The first kappa shape index (κ1) is 33.2. The second-order valence-electron chi connectivity index (χ2n) is 14.5. The SMILES string of the molecule is c1ccc(-c2ccc(-c3ccc(N(c4ccc(-c5cccc6oc7ccccc7c56)cc4)c4ccc(-c5ccccc5)c5c4sc4ccccc45)cc3)cc2)cc1. The lowest BCUT2D eigenvalue weighted by Crippen LogP contribution is -2.10. The summed E-state index contributed by atoms with van der Waals surface area (Å²) in [6, 6.07) is 76.3. The number of rotatable bonds is 7. The van der Waals surface area contributed by atoms with Crippen molar-refractivity contribution in [2.45, 2.75) is 0 Å². The summed E-state index contributed by atoms with van der Waals surface area (Å²) in [7, 11) is 0. The fourth-order valence-electron chi connectivity index (χ4n) is 8.37. The lowest BCUT2D eigenvalue weighted by atomic mass is 9.97. The molecule has 0 saturated carbocycles. The van der Waals surface area contributed by atoms with Crippen molar-refractivity contribution in [1.82, 2.24) is 0 Å². The van der Waals surface area contributed by atoms with Crippen LogP contribution < -0.4 is 4.90 Å². The number of fused-ring (bicyclic) bond motifs is 6. The van der Waals surface area contributed by atoms with E-state index in [1.54, 1.807) is 0 Å². The first-order valence-electron chi connectivity index (χ1n) is 19.3. The number of benzene rings is 9. The minimum Gasteiger partial charge on any atom is -0.456 e. The average molecular weight is 746 g/mol. The van der Waals surface area contributed by atoms with Gasteiger partial charge < -0.3 is 9.32 Å². The van der Waals surface area contributed by atoms with Crippen molar-refractivity contribution < 1.29 is 4.42 Å². The number of hydrogen-bond donors (Lipinski definition) is 0. The lowest BCUT2D eigenvalue weighted by Gasteiger charge is -2.27. The Morgan fingerprint density at radius 2 is 0.825 bits per heavy atom. The summed E-state index contributed by atoms with van der Waals surface area (Å²) in [5.41, 5.74) is 14.7. The smallest absolute Gasteiger partial charge is 0.136 e. The van der Waals surface area contributed by atoms with E-state index in [1.165, 1.54) is 53.6 Å². The predicted octanol–water partition coefficient (Wildman–Crippen LogP) is 16.1. The van der Waals surface area contributed by atoms with Crippen LogP contribution in [-0.4, -0.2) is 0 Å². The second-order valence-corrected chi connectivity index (χ2v) is 15.5. The van der Waals surface area contributed by atoms with E-state index in [1.807, 2.05) is 23.5 Å². The molecular weight excluding hydrogens is 711 g/mol. The van der Waals surface area contributed by atoms with Gasteiger partial charge in [-0.15, -0.1) is 11.3 Å². The molecule has 0 fully saturated rings. The molecule has 0 radical (unpaired) electrons. The number of anilines is 3. The Kier molecular flexibility index (Phi) is 8.04. The fourth-order valence-corrected chi connectivity index (χ4v) is 9.60. The first-order chi connectivity index (χ1) is 28.3. The molecule has 0 aliphatic heterocycles. The van der Waals surface area contributed by atoms with E-state index in [0.29, 0.717) is 0 Å². The molecule has 2 nitrogen and oxygen atoms in total. The third-order valence-corrected chi connectivity index (χ3v) is 12.3. The summed E-state index contributed by atoms with van der Waals surface area (Å²) < 4.78 is 8.80. The van der Waals surface area contributed by atoms with Gasteiger partial charge in [-0.2, -0.15) is 0 Å². The Labute approximate surface area is 335 Å². The Morgan fingerprint density at radius 3 is 1.51 bits per heavy atom. The molecule has 11 rings (SSSR count). The third-order valence-electron chi connectivity index (χ3n) is 11.1. The number of nitrogens with zero attached hydrogens (tertiary/aromatic N) is 1. The molecule has 0 bridgehead atoms. The minimum atomic E-state index is 0.903. The van der Waals surface area contributed by atoms with Crippen LogP contribution in [0.4, 0.5) is 17.1 Å². The van der Waals surface area contributed by atoms with Gasteiger partial charge in [0.15, 0.2) is 0 Å². The summed E-state index contributed by atoms with van der Waals surface area (Å²) in [6.45, 7) is 0. The zero-order valence-electron chi connectivity index (χ0n) is 31.0. The predicted molar refractivity (Wildman–Crippen MR) is 243 cm³/mol. The monoisotopic (exact) mass is 745 g/mol. The molecule has 0 aliphatic carbocycles. The highest BCUT2D eigenvalue weighted by Gasteiger charge is 2.21. The Bertz CT molecular complexity index is 3200. The van der Waals surface area contributed by atoms with Crippen LogP contribution in [0.5, 0.6) is 0 Å². The highest BCUT2D eigenvalue weighted by molar-refractivity contribution is 7.26. The van der Waals surface area contributed by atoms with E-state index >= 15 is 0 Å². The zero-order chi connectivity index (χ0) is 37.7. The number of thiophene rings is 1. The van der Waals surface area contributed by atoms with Gasteiger partial charge in [-0.3, -0.25) is 0 Å². The fraction of sp³-hybridized carbons (Fsp3) is 0. The van der Waals surface area contributed by atoms with Gasteiger partial charge in [0.05, 0.1) is 10.4 Å². The molecule has 0 atom stereocenters. The Balaban J connectivity index is 1.06. The van der Waals surface area contributed by atoms with Crippen molar-refractivity contribution in [2.75, 3.05) is 4.90 Å². The maximum absolute atomic E-state index is 6.26. The zero-order valence-corrected chi connectivity index (χ0v) is 31.8. The molecule has 3 heteroatoms. The quantitative estimate of drug-likeness (QED) is 0.162. The van der Waals surface area contributed by atoms with Gasteiger partial charge in [-0.05, 0) is 93.0 Å². The van der Waals surface area contributed by atoms with Gasteiger partial charge in [0.2, 0.25) is 0 Å². The molecule has 11 aromatic rings. The molecule has 2 aromatic heterocycles. The van der Waals surface area contributed by atoms with Crippen LogP contribution in [0.15, 0.2) is 217 Å². The van der Waals surface area contributed by atoms with E-state index in [9.17, 15) is 0 Å². The normalized spacial score (nSPS) is 11.5. The standard InChI is InChI=1S/C54H35NOS/c1-3-12-36(13-4-1)37-22-24-38(25-23-37)39-26-30-42(31-27-39)55(43-32-28-41(29-33-43)44-18-11-20-50-52(44)46-16-7-9-19-49(46)56-50)48-35-34-45(40-14-5-2-6-15-40)53-47-17-8-10-21-51(47)57-54(48)53/h1-35H. The molecule has 9 aromatic carbocycles. The second kappa shape index (κ2) is 13.8. The summed E-state index contributed by atoms with van der Waals surface area (Å²) in [4.78, 5) is 2.42.